The van der Waals surface area contributed by atoms with Crippen molar-refractivity contribution in [3.8, 4) is 0 Å². The predicted molar refractivity (Wildman–Crippen MR) is 118 cm³/mol. The number of amides is 3. The third-order valence-corrected chi connectivity index (χ3v) is 6.25. The van der Waals surface area contributed by atoms with Gasteiger partial charge in [-0.05, 0) is 53.0 Å². The summed E-state index contributed by atoms with van der Waals surface area (Å²) >= 11 is 4.72. The van der Waals surface area contributed by atoms with E-state index in [0.29, 0.717) is 17.0 Å². The van der Waals surface area contributed by atoms with Gasteiger partial charge in [-0.3, -0.25) is 14.4 Å². The molecule has 2 N–H and O–H groups in total. The first-order chi connectivity index (χ1) is 14.0. The second kappa shape index (κ2) is 10.5. The first-order valence-electron chi connectivity index (χ1n) is 9.37. The molecule has 0 unspecified atom stereocenters. The van der Waals surface area contributed by atoms with E-state index < -0.39 is 0 Å². The summed E-state index contributed by atoms with van der Waals surface area (Å²) in [6.07, 6.45) is 2.11. The lowest BCUT2D eigenvalue weighted by atomic mass is 10.2. The van der Waals surface area contributed by atoms with Gasteiger partial charge in [0.25, 0.3) is 5.91 Å². The van der Waals surface area contributed by atoms with Crippen LogP contribution >= 0.6 is 27.7 Å². The Balaban J connectivity index is 1.54. The molecule has 6 nitrogen and oxygen atoms in total. The fourth-order valence-electron chi connectivity index (χ4n) is 2.99. The Morgan fingerprint density at radius 1 is 1.00 bits per heavy atom. The van der Waals surface area contributed by atoms with Crippen molar-refractivity contribution < 1.29 is 14.4 Å². The molecule has 1 heterocycles. The molecule has 2 aromatic rings. The van der Waals surface area contributed by atoms with Gasteiger partial charge in [-0.15, -0.1) is 11.8 Å². The molecule has 1 saturated heterocycles. The number of rotatable bonds is 7. The van der Waals surface area contributed by atoms with Crippen LogP contribution in [0.25, 0.3) is 0 Å². The van der Waals surface area contributed by atoms with Crippen LogP contribution in [0.1, 0.15) is 23.2 Å². The highest BCUT2D eigenvalue weighted by atomic mass is 79.9. The van der Waals surface area contributed by atoms with Gasteiger partial charge in [0, 0.05) is 22.5 Å². The minimum atomic E-state index is -0.344. The van der Waals surface area contributed by atoms with Crippen LogP contribution in [-0.4, -0.2) is 48.0 Å². The molecule has 3 rings (SSSR count). The molecule has 0 saturated carbocycles. The van der Waals surface area contributed by atoms with Crippen molar-refractivity contribution in [1.82, 2.24) is 10.2 Å². The van der Waals surface area contributed by atoms with Crippen molar-refractivity contribution in [1.29, 1.82) is 0 Å². The quantitative estimate of drug-likeness (QED) is 0.600. The number of hydrogen-bond donors (Lipinski definition) is 2. The zero-order valence-electron chi connectivity index (χ0n) is 15.8. The van der Waals surface area contributed by atoms with E-state index in [-0.39, 0.29) is 24.3 Å². The summed E-state index contributed by atoms with van der Waals surface area (Å²) < 4.78 is 0.768. The summed E-state index contributed by atoms with van der Waals surface area (Å²) in [5.74, 6) is -0.272. The molecule has 1 fully saturated rings. The number of nitrogens with zero attached hydrogens (tertiary/aromatic N) is 1. The van der Waals surface area contributed by atoms with E-state index in [2.05, 4.69) is 26.6 Å². The average molecular weight is 476 g/mol. The normalized spacial score (nSPS) is 13.2. The fraction of sp³-hybridized carbons (Fsp3) is 0.286. The molecule has 1 aliphatic heterocycles. The van der Waals surface area contributed by atoms with E-state index in [1.807, 2.05) is 35.2 Å². The number of carbonyl (C=O) groups excluding carboxylic acids is 3. The molecule has 0 spiro atoms. The monoisotopic (exact) mass is 475 g/mol. The Morgan fingerprint density at radius 2 is 1.69 bits per heavy atom. The van der Waals surface area contributed by atoms with Gasteiger partial charge in [-0.2, -0.15) is 0 Å². The minimum absolute atomic E-state index is 0.0931. The number of para-hydroxylation sites is 1. The maximum Gasteiger partial charge on any atom is 0.252 e. The summed E-state index contributed by atoms with van der Waals surface area (Å²) in [5.41, 5.74) is 1.10. The van der Waals surface area contributed by atoms with E-state index >= 15 is 0 Å². The molecule has 0 aliphatic carbocycles. The number of hydrogen-bond acceptors (Lipinski definition) is 4. The Kier molecular flexibility index (Phi) is 7.71. The van der Waals surface area contributed by atoms with Crippen LogP contribution in [0.4, 0.5) is 5.69 Å². The molecular formula is C21H22BrN3O3S. The highest BCUT2D eigenvalue weighted by molar-refractivity contribution is 9.10. The van der Waals surface area contributed by atoms with E-state index in [4.69, 9.17) is 0 Å². The van der Waals surface area contributed by atoms with Crippen molar-refractivity contribution in [2.75, 3.05) is 30.7 Å². The number of anilines is 1. The molecule has 1 aliphatic rings. The van der Waals surface area contributed by atoms with Crippen molar-refractivity contribution in [3.05, 3.63) is 58.6 Å². The summed E-state index contributed by atoms with van der Waals surface area (Å²) in [4.78, 5) is 39.6. The zero-order chi connectivity index (χ0) is 20.6. The van der Waals surface area contributed by atoms with Gasteiger partial charge >= 0.3 is 0 Å². The second-order valence-corrected chi connectivity index (χ2v) is 8.45. The lowest BCUT2D eigenvalue weighted by Gasteiger charge is -2.15. The number of benzene rings is 2. The first kappa shape index (κ1) is 21.4. The molecule has 0 atom stereocenters. The standard InChI is InChI=1S/C21H22BrN3O3S/c22-16-8-2-3-9-17(16)24-19(26)13-23-21(28)15-7-1-4-10-18(15)29-14-20(27)25-11-5-6-12-25/h1-4,7-10H,5-6,11-14H2,(H,23,28)(H,24,26). The number of likely N-dealkylation sites (tertiary alicyclic amines) is 1. The van der Waals surface area contributed by atoms with E-state index in [1.54, 1.807) is 18.2 Å². The molecule has 152 valence electrons. The van der Waals surface area contributed by atoms with Crippen LogP contribution in [0.3, 0.4) is 0 Å². The third kappa shape index (κ3) is 6.08. The molecule has 29 heavy (non-hydrogen) atoms. The van der Waals surface area contributed by atoms with Crippen LogP contribution in [0, 0.1) is 0 Å². The van der Waals surface area contributed by atoms with Gasteiger partial charge in [0.1, 0.15) is 0 Å². The average Bonchev–Trinajstić information content (AvgIpc) is 3.27. The molecule has 3 amide bonds. The van der Waals surface area contributed by atoms with Gasteiger partial charge in [0.15, 0.2) is 0 Å². The fourth-order valence-corrected chi connectivity index (χ4v) is 4.33. The topological polar surface area (TPSA) is 78.5 Å². The second-order valence-electron chi connectivity index (χ2n) is 6.58. The lowest BCUT2D eigenvalue weighted by molar-refractivity contribution is -0.127. The van der Waals surface area contributed by atoms with Gasteiger partial charge in [0.2, 0.25) is 11.8 Å². The number of carbonyl (C=O) groups is 3. The molecular weight excluding hydrogens is 454 g/mol. The van der Waals surface area contributed by atoms with Crippen molar-refractivity contribution in [2.24, 2.45) is 0 Å². The highest BCUT2D eigenvalue weighted by Gasteiger charge is 2.19. The number of nitrogens with one attached hydrogen (secondary N) is 2. The first-order valence-corrected chi connectivity index (χ1v) is 11.1. The maximum absolute atomic E-state index is 12.6. The summed E-state index contributed by atoms with van der Waals surface area (Å²) in [6, 6.07) is 14.4. The largest absolute Gasteiger partial charge is 0.343 e. The van der Waals surface area contributed by atoms with Crippen LogP contribution < -0.4 is 10.6 Å². The summed E-state index contributed by atoms with van der Waals surface area (Å²) in [7, 11) is 0. The smallest absolute Gasteiger partial charge is 0.252 e. The van der Waals surface area contributed by atoms with Crippen molar-refractivity contribution in [3.63, 3.8) is 0 Å². The summed E-state index contributed by atoms with van der Waals surface area (Å²) in [6.45, 7) is 1.48. The van der Waals surface area contributed by atoms with Crippen LogP contribution in [0.2, 0.25) is 0 Å². The highest BCUT2D eigenvalue weighted by Crippen LogP contribution is 2.24. The van der Waals surface area contributed by atoms with E-state index in [9.17, 15) is 14.4 Å². The SMILES string of the molecule is O=C(CNC(=O)c1ccccc1SCC(=O)N1CCCC1)Nc1ccccc1Br. The van der Waals surface area contributed by atoms with Gasteiger partial charge in [-0.1, -0.05) is 24.3 Å². The van der Waals surface area contributed by atoms with E-state index in [0.717, 1.165) is 35.3 Å². The maximum atomic E-state index is 12.6. The van der Waals surface area contributed by atoms with Gasteiger partial charge < -0.3 is 15.5 Å². The molecule has 8 heteroatoms. The third-order valence-electron chi connectivity index (χ3n) is 4.50. The molecule has 0 bridgehead atoms. The van der Waals surface area contributed by atoms with E-state index in [1.165, 1.54) is 11.8 Å². The Hall–Kier alpha value is -2.32. The van der Waals surface area contributed by atoms with Gasteiger partial charge in [-0.25, -0.2) is 0 Å². The Morgan fingerprint density at radius 3 is 2.45 bits per heavy atom. The Labute approximate surface area is 182 Å². The zero-order valence-corrected chi connectivity index (χ0v) is 18.2. The predicted octanol–water partition coefficient (Wildman–Crippen LogP) is 3.53. The molecule has 0 radical (unpaired) electrons. The lowest BCUT2D eigenvalue weighted by Crippen LogP contribution is -2.33. The van der Waals surface area contributed by atoms with Crippen molar-refractivity contribution in [2.45, 2.75) is 17.7 Å². The molecule has 2 aromatic carbocycles. The van der Waals surface area contributed by atoms with Crippen molar-refractivity contribution >= 4 is 51.1 Å². The number of thioether (sulfide) groups is 1. The summed E-state index contributed by atoms with van der Waals surface area (Å²) in [5, 5.41) is 5.39. The number of halogens is 1. The van der Waals surface area contributed by atoms with Gasteiger partial charge in [0.05, 0.1) is 23.5 Å². The molecule has 0 aromatic heterocycles. The van der Waals surface area contributed by atoms with Crippen LogP contribution in [0.15, 0.2) is 57.9 Å². The van der Waals surface area contributed by atoms with Crippen LogP contribution in [-0.2, 0) is 9.59 Å². The Bertz CT molecular complexity index is 900. The minimum Gasteiger partial charge on any atom is -0.343 e. The van der Waals surface area contributed by atoms with Crippen LogP contribution in [0.5, 0.6) is 0 Å².